The van der Waals surface area contributed by atoms with Crippen molar-refractivity contribution >= 4 is 17.0 Å². The standard InChI is InChI=1S/C23H26N2O3/c26-23(24-16-19-10-4-5-14-27-19)18-12-13-21-20(15-18)25-22(28-21)11-6-9-17-7-2-1-3-8-17/h1-3,7-8,12-13,15,19H,4-6,9-11,14,16H2,(H,24,26). The normalized spacial score (nSPS) is 16.9. The van der Waals surface area contributed by atoms with Crippen molar-refractivity contribution < 1.29 is 13.9 Å². The summed E-state index contributed by atoms with van der Waals surface area (Å²) in [7, 11) is 0. The van der Waals surface area contributed by atoms with Crippen molar-refractivity contribution in [1.29, 1.82) is 0 Å². The second-order valence-electron chi connectivity index (χ2n) is 7.33. The summed E-state index contributed by atoms with van der Waals surface area (Å²) in [4.78, 5) is 17.0. The molecule has 2 aromatic carbocycles. The number of ether oxygens (including phenoxy) is 1. The fourth-order valence-electron chi connectivity index (χ4n) is 3.59. The van der Waals surface area contributed by atoms with Crippen LogP contribution in [0.1, 0.15) is 47.5 Å². The second kappa shape index (κ2) is 9.02. The Morgan fingerprint density at radius 2 is 2.00 bits per heavy atom. The quantitative estimate of drug-likeness (QED) is 0.666. The van der Waals surface area contributed by atoms with E-state index in [1.54, 1.807) is 12.1 Å². The highest BCUT2D eigenvalue weighted by Gasteiger charge is 2.16. The molecule has 1 atom stereocenters. The SMILES string of the molecule is O=C(NCC1CCCCO1)c1ccc2oc(CCCc3ccccc3)nc2c1. The molecule has 0 saturated carbocycles. The van der Waals surface area contributed by atoms with E-state index >= 15 is 0 Å². The summed E-state index contributed by atoms with van der Waals surface area (Å²) < 4.78 is 11.5. The first kappa shape index (κ1) is 18.7. The maximum atomic E-state index is 12.4. The number of carbonyl (C=O) groups is 1. The molecule has 1 aliphatic heterocycles. The van der Waals surface area contributed by atoms with E-state index in [0.717, 1.165) is 55.7 Å². The van der Waals surface area contributed by atoms with Gasteiger partial charge in [0.05, 0.1) is 6.10 Å². The highest BCUT2D eigenvalue weighted by atomic mass is 16.5. The lowest BCUT2D eigenvalue weighted by Gasteiger charge is -2.22. The molecule has 1 aliphatic rings. The van der Waals surface area contributed by atoms with Crippen molar-refractivity contribution in [2.45, 2.75) is 44.6 Å². The van der Waals surface area contributed by atoms with Crippen LogP contribution in [0.25, 0.3) is 11.1 Å². The van der Waals surface area contributed by atoms with Gasteiger partial charge in [0.1, 0.15) is 5.52 Å². The van der Waals surface area contributed by atoms with Gasteiger partial charge in [-0.25, -0.2) is 4.98 Å². The summed E-state index contributed by atoms with van der Waals surface area (Å²) in [5.41, 5.74) is 3.38. The minimum absolute atomic E-state index is 0.0929. The number of nitrogens with zero attached hydrogens (tertiary/aromatic N) is 1. The van der Waals surface area contributed by atoms with Crippen LogP contribution < -0.4 is 5.32 Å². The van der Waals surface area contributed by atoms with Crippen molar-refractivity contribution in [2.75, 3.05) is 13.2 Å². The van der Waals surface area contributed by atoms with Crippen LogP contribution in [0.2, 0.25) is 0 Å². The average Bonchev–Trinajstić information content (AvgIpc) is 3.15. The van der Waals surface area contributed by atoms with Crippen molar-refractivity contribution in [3.05, 3.63) is 65.5 Å². The zero-order valence-electron chi connectivity index (χ0n) is 16.0. The van der Waals surface area contributed by atoms with Gasteiger partial charge in [-0.05, 0) is 55.9 Å². The molecule has 4 rings (SSSR count). The molecule has 0 bridgehead atoms. The van der Waals surface area contributed by atoms with E-state index in [2.05, 4.69) is 34.6 Å². The number of amides is 1. The van der Waals surface area contributed by atoms with Crippen molar-refractivity contribution in [3.63, 3.8) is 0 Å². The number of aromatic nitrogens is 1. The van der Waals surface area contributed by atoms with Gasteiger partial charge in [0.15, 0.2) is 11.5 Å². The first-order valence-electron chi connectivity index (χ1n) is 10.1. The number of nitrogens with one attached hydrogen (secondary N) is 1. The summed E-state index contributed by atoms with van der Waals surface area (Å²) >= 11 is 0. The van der Waals surface area contributed by atoms with E-state index in [-0.39, 0.29) is 12.0 Å². The molecule has 2 heterocycles. The summed E-state index contributed by atoms with van der Waals surface area (Å²) in [5, 5.41) is 2.97. The number of aryl methyl sites for hydroxylation is 2. The Morgan fingerprint density at radius 1 is 1.11 bits per heavy atom. The van der Waals surface area contributed by atoms with Crippen LogP contribution in [0, 0.1) is 0 Å². The first-order valence-corrected chi connectivity index (χ1v) is 10.1. The molecule has 0 aliphatic carbocycles. The van der Waals surface area contributed by atoms with Gasteiger partial charge in [-0.15, -0.1) is 0 Å². The van der Waals surface area contributed by atoms with E-state index in [9.17, 15) is 4.79 Å². The molecule has 1 unspecified atom stereocenters. The van der Waals surface area contributed by atoms with Crippen LogP contribution in [0.3, 0.4) is 0 Å². The van der Waals surface area contributed by atoms with E-state index in [0.29, 0.717) is 12.1 Å². The van der Waals surface area contributed by atoms with Gasteiger partial charge in [-0.1, -0.05) is 30.3 Å². The Bertz CT molecular complexity index is 914. The molecule has 146 valence electrons. The molecular weight excluding hydrogens is 352 g/mol. The van der Waals surface area contributed by atoms with Gasteiger partial charge in [0.2, 0.25) is 0 Å². The van der Waals surface area contributed by atoms with Gasteiger partial charge in [0, 0.05) is 25.1 Å². The number of hydrogen-bond acceptors (Lipinski definition) is 4. The van der Waals surface area contributed by atoms with Crippen LogP contribution in [0.5, 0.6) is 0 Å². The zero-order chi connectivity index (χ0) is 19.2. The molecule has 28 heavy (non-hydrogen) atoms. The topological polar surface area (TPSA) is 64.4 Å². The van der Waals surface area contributed by atoms with E-state index in [1.807, 2.05) is 12.1 Å². The Hall–Kier alpha value is -2.66. The lowest BCUT2D eigenvalue weighted by atomic mass is 10.1. The Morgan fingerprint density at radius 3 is 2.82 bits per heavy atom. The molecule has 1 amide bonds. The fraction of sp³-hybridized carbons (Fsp3) is 0.391. The van der Waals surface area contributed by atoms with Gasteiger partial charge in [-0.2, -0.15) is 0 Å². The van der Waals surface area contributed by atoms with Crippen molar-refractivity contribution in [3.8, 4) is 0 Å². The summed E-state index contributed by atoms with van der Waals surface area (Å²) in [6.45, 7) is 1.35. The number of hydrogen-bond donors (Lipinski definition) is 1. The van der Waals surface area contributed by atoms with E-state index in [1.165, 1.54) is 12.0 Å². The average molecular weight is 378 g/mol. The predicted octanol–water partition coefficient (Wildman–Crippen LogP) is 4.30. The minimum Gasteiger partial charge on any atom is -0.441 e. The third kappa shape index (κ3) is 4.78. The Balaban J connectivity index is 1.33. The monoisotopic (exact) mass is 378 g/mol. The molecule has 1 saturated heterocycles. The summed E-state index contributed by atoms with van der Waals surface area (Å²) in [5.74, 6) is 0.629. The second-order valence-corrected chi connectivity index (χ2v) is 7.33. The van der Waals surface area contributed by atoms with Gasteiger partial charge < -0.3 is 14.5 Å². The van der Waals surface area contributed by atoms with Gasteiger partial charge in [-0.3, -0.25) is 4.79 Å². The van der Waals surface area contributed by atoms with Crippen LogP contribution >= 0.6 is 0 Å². The molecule has 5 heteroatoms. The largest absolute Gasteiger partial charge is 0.441 e. The highest BCUT2D eigenvalue weighted by Crippen LogP contribution is 2.19. The molecule has 3 aromatic rings. The van der Waals surface area contributed by atoms with E-state index < -0.39 is 0 Å². The molecular formula is C23H26N2O3. The fourth-order valence-corrected chi connectivity index (χ4v) is 3.59. The molecule has 1 N–H and O–H groups in total. The third-order valence-corrected chi connectivity index (χ3v) is 5.16. The highest BCUT2D eigenvalue weighted by molar-refractivity contribution is 5.97. The number of oxazole rings is 1. The molecule has 1 aromatic heterocycles. The first-order chi connectivity index (χ1) is 13.8. The number of benzene rings is 2. The molecule has 5 nitrogen and oxygen atoms in total. The number of rotatable bonds is 7. The Kier molecular flexibility index (Phi) is 6.02. The maximum absolute atomic E-state index is 12.4. The lowest BCUT2D eigenvalue weighted by molar-refractivity contribution is 0.0169. The van der Waals surface area contributed by atoms with Crippen LogP contribution in [-0.4, -0.2) is 30.1 Å². The van der Waals surface area contributed by atoms with E-state index in [4.69, 9.17) is 9.15 Å². The molecule has 0 radical (unpaired) electrons. The number of carbonyl (C=O) groups excluding carboxylic acids is 1. The third-order valence-electron chi connectivity index (χ3n) is 5.16. The minimum atomic E-state index is -0.0929. The summed E-state index contributed by atoms with van der Waals surface area (Å²) in [6, 6.07) is 15.8. The molecule has 1 fully saturated rings. The van der Waals surface area contributed by atoms with Gasteiger partial charge in [0.25, 0.3) is 5.91 Å². The zero-order valence-corrected chi connectivity index (χ0v) is 16.0. The number of fused-ring (bicyclic) bond motifs is 1. The van der Waals surface area contributed by atoms with Crippen LogP contribution in [0.4, 0.5) is 0 Å². The maximum Gasteiger partial charge on any atom is 0.251 e. The Labute approximate surface area is 165 Å². The van der Waals surface area contributed by atoms with Gasteiger partial charge >= 0.3 is 0 Å². The smallest absolute Gasteiger partial charge is 0.251 e. The van der Waals surface area contributed by atoms with Crippen molar-refractivity contribution in [2.24, 2.45) is 0 Å². The van der Waals surface area contributed by atoms with Crippen LogP contribution in [-0.2, 0) is 17.6 Å². The van der Waals surface area contributed by atoms with Crippen molar-refractivity contribution in [1.82, 2.24) is 10.3 Å². The lowest BCUT2D eigenvalue weighted by Crippen LogP contribution is -2.35. The molecule has 0 spiro atoms. The summed E-state index contributed by atoms with van der Waals surface area (Å²) in [6.07, 6.45) is 6.17. The predicted molar refractivity (Wildman–Crippen MR) is 108 cm³/mol. The van der Waals surface area contributed by atoms with Crippen LogP contribution in [0.15, 0.2) is 52.9 Å².